The second-order valence-corrected chi connectivity index (χ2v) is 9.98. The molecule has 1 unspecified atom stereocenters. The molecule has 2 N–H and O–H groups in total. The van der Waals surface area contributed by atoms with Crippen molar-refractivity contribution in [2.24, 2.45) is 4.36 Å². The fraction of sp³-hybridized carbons (Fsp3) is 0.0909. The summed E-state index contributed by atoms with van der Waals surface area (Å²) < 4.78 is 20.5. The molecule has 0 saturated heterocycles. The van der Waals surface area contributed by atoms with Crippen LogP contribution in [0.4, 0.5) is 16.3 Å². The normalized spacial score (nSPS) is 12.2. The highest BCUT2D eigenvalue weighted by atomic mass is 35.5. The van der Waals surface area contributed by atoms with Crippen molar-refractivity contribution in [1.82, 2.24) is 4.98 Å². The predicted molar refractivity (Wildman–Crippen MR) is 130 cm³/mol. The van der Waals surface area contributed by atoms with Gasteiger partial charge in [0.25, 0.3) is 11.8 Å². The van der Waals surface area contributed by atoms with Gasteiger partial charge in [0.2, 0.25) is 0 Å². The van der Waals surface area contributed by atoms with E-state index in [1.807, 2.05) is 0 Å². The molecule has 0 fully saturated rings. The van der Waals surface area contributed by atoms with E-state index in [1.165, 1.54) is 61.0 Å². The Bertz CT molecular complexity index is 1370. The largest absolute Gasteiger partial charge is 0.451 e. The molecule has 0 aliphatic heterocycles. The molecule has 1 atom stereocenters. The van der Waals surface area contributed by atoms with E-state index >= 15 is 0 Å². The van der Waals surface area contributed by atoms with Crippen molar-refractivity contribution >= 4 is 62.3 Å². The number of methoxy groups -OCH3 is 1. The number of nitrogens with zero attached hydrogens (tertiary/aromatic N) is 2. The summed E-state index contributed by atoms with van der Waals surface area (Å²) in [4.78, 5) is 41.2. The van der Waals surface area contributed by atoms with Gasteiger partial charge in [0.15, 0.2) is 0 Å². The molecule has 0 aliphatic rings. The average molecular weight is 521 g/mol. The molecular weight excluding hydrogens is 503 g/mol. The first-order valence-corrected chi connectivity index (χ1v) is 12.2. The number of carbonyl (C=O) groups excluding carboxylic acids is 3. The first-order valence-electron chi connectivity index (χ1n) is 9.53. The lowest BCUT2D eigenvalue weighted by atomic mass is 10.1. The molecule has 3 rings (SSSR count). The Labute approximate surface area is 205 Å². The van der Waals surface area contributed by atoms with E-state index in [9.17, 15) is 18.6 Å². The predicted octanol–water partition coefficient (Wildman–Crippen LogP) is 5.12. The Kier molecular flexibility index (Phi) is 7.87. The van der Waals surface area contributed by atoms with Gasteiger partial charge in [0.1, 0.15) is 5.82 Å². The molecular formula is C22H18Cl2N4O5S. The van der Waals surface area contributed by atoms with Crippen molar-refractivity contribution in [2.45, 2.75) is 4.90 Å². The first kappa shape index (κ1) is 25.2. The second kappa shape index (κ2) is 10.6. The van der Waals surface area contributed by atoms with E-state index in [0.29, 0.717) is 10.0 Å². The van der Waals surface area contributed by atoms with Gasteiger partial charge in [-0.15, -0.1) is 4.36 Å². The summed E-state index contributed by atoms with van der Waals surface area (Å²) >= 11 is 11.9. The van der Waals surface area contributed by atoms with Crippen LogP contribution in [0.15, 0.2) is 70.1 Å². The van der Waals surface area contributed by atoms with Crippen molar-refractivity contribution in [2.75, 3.05) is 24.0 Å². The lowest BCUT2D eigenvalue weighted by Crippen LogP contribution is -2.18. The fourth-order valence-corrected chi connectivity index (χ4v) is 4.12. The number of amides is 3. The number of carbonyl (C=O) groups is 3. The fourth-order valence-electron chi connectivity index (χ4n) is 2.73. The van der Waals surface area contributed by atoms with Gasteiger partial charge in [0.05, 0.1) is 33.1 Å². The van der Waals surface area contributed by atoms with Gasteiger partial charge >= 0.3 is 6.09 Å². The number of ether oxygens (including phenoxy) is 1. The highest BCUT2D eigenvalue weighted by molar-refractivity contribution is 7.93. The maximum absolute atomic E-state index is 12.8. The summed E-state index contributed by atoms with van der Waals surface area (Å²) in [5.41, 5.74) is 0.547. The number of rotatable bonds is 5. The minimum atomic E-state index is -3.04. The van der Waals surface area contributed by atoms with E-state index in [0.717, 1.165) is 7.11 Å². The van der Waals surface area contributed by atoms with Crippen LogP contribution in [0.3, 0.4) is 0 Å². The van der Waals surface area contributed by atoms with Crippen molar-refractivity contribution in [3.05, 3.63) is 82.0 Å². The van der Waals surface area contributed by atoms with Gasteiger partial charge < -0.3 is 15.4 Å². The summed E-state index contributed by atoms with van der Waals surface area (Å²) in [6, 6.07) is 13.2. The lowest BCUT2D eigenvalue weighted by Gasteiger charge is -2.12. The Morgan fingerprint density at radius 3 is 2.24 bits per heavy atom. The zero-order valence-electron chi connectivity index (χ0n) is 17.9. The number of hydrogen-bond donors (Lipinski definition) is 2. The van der Waals surface area contributed by atoms with Crippen LogP contribution in [0.25, 0.3) is 0 Å². The van der Waals surface area contributed by atoms with Crippen LogP contribution in [0, 0.1) is 0 Å². The summed E-state index contributed by atoms with van der Waals surface area (Å²) in [5, 5.41) is 5.98. The zero-order chi connectivity index (χ0) is 24.9. The maximum Gasteiger partial charge on any atom is 0.441 e. The molecule has 9 nitrogen and oxygen atoms in total. The molecule has 0 radical (unpaired) electrons. The molecule has 1 aromatic heterocycles. The summed E-state index contributed by atoms with van der Waals surface area (Å²) in [6.45, 7) is 0. The highest BCUT2D eigenvalue weighted by Crippen LogP contribution is 2.23. The third-order valence-corrected chi connectivity index (χ3v) is 6.52. The standard InChI is InChI=1S/C22H18Cl2N4O5S/c1-33-22(31)28-34(2,32)16-7-3-13(4-8-16)20(29)26-18-9-5-14(23)11-17(18)21(30)27-19-10-6-15(24)12-25-19/h3-12H,1-2H3,(H,26,29)(H,25,27,30). The van der Waals surface area contributed by atoms with Crippen LogP contribution >= 0.6 is 23.2 Å². The molecule has 0 bridgehead atoms. The minimum Gasteiger partial charge on any atom is -0.451 e. The smallest absolute Gasteiger partial charge is 0.441 e. The third-order valence-electron chi connectivity index (χ3n) is 4.42. The van der Waals surface area contributed by atoms with Gasteiger partial charge in [-0.1, -0.05) is 23.2 Å². The monoisotopic (exact) mass is 520 g/mol. The molecule has 34 heavy (non-hydrogen) atoms. The summed E-state index contributed by atoms with van der Waals surface area (Å²) in [5.74, 6) is -0.805. The van der Waals surface area contributed by atoms with Gasteiger partial charge in [-0.2, -0.15) is 0 Å². The molecule has 3 amide bonds. The van der Waals surface area contributed by atoms with Crippen molar-refractivity contribution in [3.8, 4) is 0 Å². The van der Waals surface area contributed by atoms with Crippen molar-refractivity contribution in [1.29, 1.82) is 0 Å². The summed E-state index contributed by atoms with van der Waals surface area (Å²) in [7, 11) is -1.91. The molecule has 0 aliphatic carbocycles. The number of nitrogens with one attached hydrogen (secondary N) is 2. The number of anilines is 2. The number of benzene rings is 2. The maximum atomic E-state index is 12.8. The molecule has 1 heterocycles. The van der Waals surface area contributed by atoms with Crippen LogP contribution in [-0.4, -0.2) is 40.5 Å². The van der Waals surface area contributed by atoms with E-state index in [4.69, 9.17) is 23.2 Å². The molecule has 3 aromatic rings. The van der Waals surface area contributed by atoms with E-state index < -0.39 is 27.6 Å². The second-order valence-electron chi connectivity index (χ2n) is 6.85. The van der Waals surface area contributed by atoms with Crippen molar-refractivity contribution in [3.63, 3.8) is 0 Å². The first-order chi connectivity index (χ1) is 16.1. The quantitative estimate of drug-likeness (QED) is 0.480. The Hall–Kier alpha value is -3.47. The Morgan fingerprint density at radius 2 is 1.62 bits per heavy atom. The topological polar surface area (TPSA) is 127 Å². The molecule has 2 aromatic carbocycles. The van der Waals surface area contributed by atoms with E-state index in [1.54, 1.807) is 6.07 Å². The van der Waals surface area contributed by atoms with Crippen LogP contribution < -0.4 is 10.6 Å². The van der Waals surface area contributed by atoms with Gasteiger partial charge in [-0.25, -0.2) is 14.0 Å². The van der Waals surface area contributed by atoms with Crippen molar-refractivity contribution < 1.29 is 23.3 Å². The average Bonchev–Trinajstić information content (AvgIpc) is 2.81. The van der Waals surface area contributed by atoms with Gasteiger partial charge in [0, 0.05) is 27.9 Å². The number of halogens is 2. The zero-order valence-corrected chi connectivity index (χ0v) is 20.2. The number of pyridine rings is 1. The SMILES string of the molecule is COC(=O)N=S(C)(=O)c1ccc(C(=O)Nc2ccc(Cl)cc2C(=O)Nc2ccc(Cl)cn2)cc1. The van der Waals surface area contributed by atoms with Crippen LogP contribution in [0.2, 0.25) is 10.0 Å². The molecule has 0 saturated carbocycles. The Balaban J connectivity index is 1.81. The highest BCUT2D eigenvalue weighted by Gasteiger charge is 2.17. The molecule has 176 valence electrons. The van der Waals surface area contributed by atoms with E-state index in [-0.39, 0.29) is 27.5 Å². The van der Waals surface area contributed by atoms with E-state index in [2.05, 4.69) is 24.7 Å². The summed E-state index contributed by atoms with van der Waals surface area (Å²) in [6.07, 6.45) is 1.71. The third kappa shape index (κ3) is 6.31. The Morgan fingerprint density at radius 1 is 0.941 bits per heavy atom. The van der Waals surface area contributed by atoms with Crippen LogP contribution in [0.5, 0.6) is 0 Å². The molecule has 12 heteroatoms. The number of aromatic nitrogens is 1. The lowest BCUT2D eigenvalue weighted by molar-refractivity contribution is 0.102. The van der Waals surface area contributed by atoms with Crippen LogP contribution in [0.1, 0.15) is 20.7 Å². The van der Waals surface area contributed by atoms with Gasteiger partial charge in [-0.05, 0) is 54.6 Å². The van der Waals surface area contributed by atoms with Gasteiger partial charge in [-0.3, -0.25) is 9.59 Å². The van der Waals surface area contributed by atoms with Crippen LogP contribution in [-0.2, 0) is 14.5 Å². The number of hydrogen-bond acceptors (Lipinski definition) is 6. The minimum absolute atomic E-state index is 0.114. The molecule has 0 spiro atoms.